The maximum atomic E-state index is 13.1. The number of hydrogen-bond acceptors (Lipinski definition) is 4. The van der Waals surface area contributed by atoms with Crippen LogP contribution in [0.1, 0.15) is 0 Å². The van der Waals surface area contributed by atoms with E-state index in [-0.39, 0.29) is 11.4 Å². The van der Waals surface area contributed by atoms with Crippen molar-refractivity contribution in [2.45, 2.75) is 0 Å². The second-order valence-corrected chi connectivity index (χ2v) is 2.72. The molecule has 0 aromatic heterocycles. The van der Waals surface area contributed by atoms with Gasteiger partial charge in [0.25, 0.3) is 0 Å². The molecule has 0 heterocycles. The predicted molar refractivity (Wildman–Crippen MR) is 54.9 cm³/mol. The Hall–Kier alpha value is -2.49. The lowest BCUT2D eigenvalue weighted by Gasteiger charge is -2.02. The van der Waals surface area contributed by atoms with Gasteiger partial charge in [0, 0.05) is 6.07 Å². The van der Waals surface area contributed by atoms with Gasteiger partial charge in [-0.05, 0) is 12.1 Å². The third-order valence-corrected chi connectivity index (χ3v) is 1.58. The Balaban J connectivity index is 2.90. The largest absolute Gasteiger partial charge is 0.382 e. The lowest BCUT2D eigenvalue weighted by molar-refractivity contribution is 0.585. The maximum absolute atomic E-state index is 13.1. The van der Waals surface area contributed by atoms with Crippen molar-refractivity contribution in [3.63, 3.8) is 0 Å². The quantitative estimate of drug-likeness (QED) is 0.407. The Labute approximate surface area is 89.7 Å². The molecule has 0 unspecified atom stereocenters. The predicted octanol–water partition coefficient (Wildman–Crippen LogP) is 1.19. The van der Waals surface area contributed by atoms with Gasteiger partial charge < -0.3 is 5.73 Å². The second-order valence-electron chi connectivity index (χ2n) is 2.72. The van der Waals surface area contributed by atoms with Gasteiger partial charge in [-0.25, -0.2) is 8.78 Å². The van der Waals surface area contributed by atoms with Crippen LogP contribution in [0, 0.1) is 28.4 Å². The molecule has 4 N–H and O–H groups in total. The summed E-state index contributed by atoms with van der Waals surface area (Å²) in [5.41, 5.74) is 6.68. The van der Waals surface area contributed by atoms with E-state index in [0.717, 1.165) is 12.1 Å². The van der Waals surface area contributed by atoms with Crippen molar-refractivity contribution < 1.29 is 8.78 Å². The Morgan fingerprint density at radius 2 is 2.19 bits per heavy atom. The van der Waals surface area contributed by atoms with E-state index in [1.165, 1.54) is 0 Å². The molecule has 1 aromatic carbocycles. The first-order chi connectivity index (χ1) is 7.54. The van der Waals surface area contributed by atoms with Crippen LogP contribution in [-0.4, -0.2) is 11.5 Å². The highest BCUT2D eigenvalue weighted by Crippen LogP contribution is 2.14. The molecule has 0 aliphatic carbocycles. The minimum Gasteiger partial charge on any atom is -0.382 e. The first-order valence-electron chi connectivity index (χ1n) is 4.08. The molecule has 0 saturated carbocycles. The third kappa shape index (κ3) is 2.75. The number of halogens is 2. The summed E-state index contributed by atoms with van der Waals surface area (Å²) in [5, 5.41) is 18.8. The SMILES string of the molecule is N#C/C(=N\Nc1ccc(F)cc1F)C(=N)N. The Morgan fingerprint density at radius 3 is 2.69 bits per heavy atom. The third-order valence-electron chi connectivity index (χ3n) is 1.58. The van der Waals surface area contributed by atoms with E-state index >= 15 is 0 Å². The van der Waals surface area contributed by atoms with Gasteiger partial charge in [-0.2, -0.15) is 10.4 Å². The topological polar surface area (TPSA) is 98.0 Å². The van der Waals surface area contributed by atoms with Crippen LogP contribution in [0.5, 0.6) is 0 Å². The molecule has 0 amide bonds. The van der Waals surface area contributed by atoms with E-state index < -0.39 is 17.5 Å². The maximum Gasteiger partial charge on any atom is 0.201 e. The number of rotatable bonds is 3. The van der Waals surface area contributed by atoms with Crippen molar-refractivity contribution in [2.75, 3.05) is 5.43 Å². The van der Waals surface area contributed by atoms with Crippen molar-refractivity contribution in [2.24, 2.45) is 10.8 Å². The van der Waals surface area contributed by atoms with Gasteiger partial charge >= 0.3 is 0 Å². The van der Waals surface area contributed by atoms with Gasteiger partial charge in [-0.15, -0.1) is 0 Å². The van der Waals surface area contributed by atoms with Crippen LogP contribution in [0.2, 0.25) is 0 Å². The molecule has 0 radical (unpaired) electrons. The molecule has 0 bridgehead atoms. The van der Waals surface area contributed by atoms with Crippen LogP contribution in [-0.2, 0) is 0 Å². The summed E-state index contributed by atoms with van der Waals surface area (Å²) in [5.74, 6) is -2.12. The normalized spacial score (nSPS) is 10.7. The van der Waals surface area contributed by atoms with Crippen molar-refractivity contribution >= 4 is 17.2 Å². The Morgan fingerprint density at radius 1 is 1.50 bits per heavy atom. The number of nitrogens with one attached hydrogen (secondary N) is 2. The van der Waals surface area contributed by atoms with Crippen LogP contribution in [0.25, 0.3) is 0 Å². The van der Waals surface area contributed by atoms with Crippen LogP contribution >= 0.6 is 0 Å². The molecule has 0 aliphatic rings. The molecule has 0 aliphatic heterocycles. The van der Waals surface area contributed by atoms with E-state index in [4.69, 9.17) is 16.4 Å². The van der Waals surface area contributed by atoms with Crippen molar-refractivity contribution in [1.29, 1.82) is 10.7 Å². The van der Waals surface area contributed by atoms with Crippen molar-refractivity contribution in [3.05, 3.63) is 29.8 Å². The van der Waals surface area contributed by atoms with Crippen LogP contribution < -0.4 is 11.2 Å². The highest BCUT2D eigenvalue weighted by molar-refractivity contribution is 6.45. The van der Waals surface area contributed by atoms with Gasteiger partial charge in [0.05, 0.1) is 5.69 Å². The fraction of sp³-hybridized carbons (Fsp3) is 0. The molecule has 0 saturated heterocycles. The second kappa shape index (κ2) is 4.84. The zero-order chi connectivity index (χ0) is 12.1. The number of amidine groups is 1. The molecule has 0 spiro atoms. The first kappa shape index (κ1) is 11.6. The lowest BCUT2D eigenvalue weighted by Crippen LogP contribution is -2.22. The number of anilines is 1. The summed E-state index contributed by atoms with van der Waals surface area (Å²) in [4.78, 5) is 0. The monoisotopic (exact) mass is 223 g/mol. The van der Waals surface area contributed by atoms with Crippen LogP contribution in [0.3, 0.4) is 0 Å². The van der Waals surface area contributed by atoms with Crippen molar-refractivity contribution in [1.82, 2.24) is 0 Å². The smallest absolute Gasteiger partial charge is 0.201 e. The summed E-state index contributed by atoms with van der Waals surface area (Å²) >= 11 is 0. The first-order valence-corrected chi connectivity index (χ1v) is 4.08. The summed E-state index contributed by atoms with van der Waals surface area (Å²) in [6.07, 6.45) is 0. The average molecular weight is 223 g/mol. The van der Waals surface area contributed by atoms with E-state index in [0.29, 0.717) is 6.07 Å². The van der Waals surface area contributed by atoms with Gasteiger partial charge in [0.15, 0.2) is 11.7 Å². The zero-order valence-electron chi connectivity index (χ0n) is 7.96. The summed E-state index contributed by atoms with van der Waals surface area (Å²) in [6, 6.07) is 4.35. The Kier molecular flexibility index (Phi) is 3.50. The number of hydrogen-bond donors (Lipinski definition) is 3. The summed E-state index contributed by atoms with van der Waals surface area (Å²) < 4.78 is 25.6. The molecule has 7 heteroatoms. The highest BCUT2D eigenvalue weighted by atomic mass is 19.1. The number of hydrazone groups is 1. The lowest BCUT2D eigenvalue weighted by atomic mass is 10.3. The molecule has 0 atom stereocenters. The molecular formula is C9H7F2N5. The van der Waals surface area contributed by atoms with E-state index in [9.17, 15) is 8.78 Å². The zero-order valence-corrected chi connectivity index (χ0v) is 7.96. The van der Waals surface area contributed by atoms with E-state index in [1.54, 1.807) is 6.07 Å². The van der Waals surface area contributed by atoms with Gasteiger partial charge in [-0.3, -0.25) is 10.8 Å². The van der Waals surface area contributed by atoms with Gasteiger partial charge in [0.2, 0.25) is 5.71 Å². The van der Waals surface area contributed by atoms with Crippen molar-refractivity contribution in [3.8, 4) is 6.07 Å². The fourth-order valence-electron chi connectivity index (χ4n) is 0.842. The standard InChI is InChI=1S/C9H7F2N5/c10-5-1-2-7(6(11)3-5)15-16-8(4-12)9(13)14/h1-3,15H,(H3,13,14)/b16-8+. The number of nitriles is 1. The Bertz CT molecular complexity index is 489. The minimum atomic E-state index is -0.857. The highest BCUT2D eigenvalue weighted by Gasteiger charge is 2.04. The van der Waals surface area contributed by atoms with Gasteiger partial charge in [0.1, 0.15) is 11.9 Å². The molecular weight excluding hydrogens is 216 g/mol. The van der Waals surface area contributed by atoms with Gasteiger partial charge in [-0.1, -0.05) is 0 Å². The number of benzene rings is 1. The molecule has 5 nitrogen and oxygen atoms in total. The molecule has 16 heavy (non-hydrogen) atoms. The average Bonchev–Trinajstić information content (AvgIpc) is 2.21. The molecule has 1 rings (SSSR count). The molecule has 1 aromatic rings. The molecule has 82 valence electrons. The number of nitrogens with zero attached hydrogens (tertiary/aromatic N) is 2. The van der Waals surface area contributed by atoms with E-state index in [1.807, 2.05) is 0 Å². The summed E-state index contributed by atoms with van der Waals surface area (Å²) in [6.45, 7) is 0. The van der Waals surface area contributed by atoms with Crippen LogP contribution in [0.15, 0.2) is 23.3 Å². The fourth-order valence-corrected chi connectivity index (χ4v) is 0.842. The van der Waals surface area contributed by atoms with E-state index in [2.05, 4.69) is 10.5 Å². The summed E-state index contributed by atoms with van der Waals surface area (Å²) in [7, 11) is 0. The number of nitrogens with two attached hydrogens (primary N) is 1. The van der Waals surface area contributed by atoms with Crippen LogP contribution in [0.4, 0.5) is 14.5 Å². The molecule has 0 fully saturated rings. The minimum absolute atomic E-state index is 0.115.